The molecule has 1 heterocycles. The number of hydrogen-bond acceptors (Lipinski definition) is 4. The van der Waals surface area contributed by atoms with Crippen LogP contribution in [0.4, 0.5) is 5.69 Å². The van der Waals surface area contributed by atoms with Gasteiger partial charge >= 0.3 is 0 Å². The Labute approximate surface area is 163 Å². The first-order valence-corrected chi connectivity index (χ1v) is 8.95. The average Bonchev–Trinajstić information content (AvgIpc) is 2.65. The third-order valence-electron chi connectivity index (χ3n) is 4.38. The molecule has 1 N–H and O–H groups in total. The number of benzene rings is 2. The third kappa shape index (κ3) is 4.01. The van der Waals surface area contributed by atoms with E-state index in [1.54, 1.807) is 30.3 Å². The van der Waals surface area contributed by atoms with Crippen molar-refractivity contribution in [3.63, 3.8) is 0 Å². The van der Waals surface area contributed by atoms with Gasteiger partial charge in [0.05, 0.1) is 12.2 Å². The maximum absolute atomic E-state index is 12.9. The van der Waals surface area contributed by atoms with Crippen molar-refractivity contribution in [1.82, 2.24) is 5.32 Å². The van der Waals surface area contributed by atoms with E-state index in [9.17, 15) is 9.59 Å². The summed E-state index contributed by atoms with van der Waals surface area (Å²) in [5.74, 6) is 0.586. The number of ether oxygens (including phenoxy) is 2. The molecule has 27 heavy (non-hydrogen) atoms. The van der Waals surface area contributed by atoms with Crippen LogP contribution in [0.3, 0.4) is 0 Å². The Balaban J connectivity index is 1.80. The van der Waals surface area contributed by atoms with Gasteiger partial charge in [-0.2, -0.15) is 0 Å². The predicted octanol–water partition coefficient (Wildman–Crippen LogP) is 2.88. The Hall–Kier alpha value is -2.73. The van der Waals surface area contributed by atoms with E-state index in [1.165, 1.54) is 11.9 Å². The average molecular weight is 389 g/mol. The molecule has 1 atom stereocenters. The van der Waals surface area contributed by atoms with Crippen LogP contribution < -0.4 is 19.7 Å². The second-order valence-corrected chi connectivity index (χ2v) is 6.79. The van der Waals surface area contributed by atoms with Crippen LogP contribution in [0.25, 0.3) is 0 Å². The standard InChI is InChI=1S/C20H21ClN2O4/c1-12-8-14(21)9-13(2)19(12)26-11-18(24)23-10-17(20(25)22-3)27-16-7-5-4-6-15(16)23/h4-9,17H,10-11H2,1-3H3,(H,22,25)/t17-/m1/s1. The van der Waals surface area contributed by atoms with Crippen LogP contribution in [0, 0.1) is 13.8 Å². The maximum Gasteiger partial charge on any atom is 0.265 e. The highest BCUT2D eigenvalue weighted by Crippen LogP contribution is 2.33. The van der Waals surface area contributed by atoms with E-state index in [-0.39, 0.29) is 25.0 Å². The summed E-state index contributed by atoms with van der Waals surface area (Å²) in [4.78, 5) is 26.4. The molecular formula is C20H21ClN2O4. The number of aryl methyl sites for hydroxylation is 2. The molecule has 0 aromatic heterocycles. The number of fused-ring (bicyclic) bond motifs is 1. The van der Waals surface area contributed by atoms with Crippen LogP contribution in [0.5, 0.6) is 11.5 Å². The van der Waals surface area contributed by atoms with Crippen molar-refractivity contribution in [2.24, 2.45) is 0 Å². The fourth-order valence-corrected chi connectivity index (χ4v) is 3.43. The quantitative estimate of drug-likeness (QED) is 0.874. The predicted molar refractivity (Wildman–Crippen MR) is 104 cm³/mol. The van der Waals surface area contributed by atoms with E-state index in [0.29, 0.717) is 22.2 Å². The molecule has 142 valence electrons. The van der Waals surface area contributed by atoms with E-state index in [1.807, 2.05) is 19.9 Å². The summed E-state index contributed by atoms with van der Waals surface area (Å²) >= 11 is 6.04. The molecule has 0 radical (unpaired) electrons. The molecule has 0 aliphatic carbocycles. The van der Waals surface area contributed by atoms with Crippen LogP contribution in [-0.4, -0.2) is 38.1 Å². The van der Waals surface area contributed by atoms with Gasteiger partial charge in [-0.3, -0.25) is 9.59 Å². The van der Waals surface area contributed by atoms with Gasteiger partial charge in [-0.15, -0.1) is 0 Å². The number of hydrogen-bond donors (Lipinski definition) is 1. The molecule has 0 unspecified atom stereocenters. The third-order valence-corrected chi connectivity index (χ3v) is 4.60. The first kappa shape index (κ1) is 19.0. The minimum absolute atomic E-state index is 0.122. The number of anilines is 1. The summed E-state index contributed by atoms with van der Waals surface area (Å²) in [7, 11) is 1.54. The topological polar surface area (TPSA) is 67.9 Å². The monoisotopic (exact) mass is 388 g/mol. The molecule has 6 nitrogen and oxygen atoms in total. The second kappa shape index (κ2) is 7.88. The van der Waals surface area contributed by atoms with Gasteiger partial charge < -0.3 is 19.7 Å². The van der Waals surface area contributed by atoms with E-state index < -0.39 is 6.10 Å². The lowest BCUT2D eigenvalue weighted by atomic mass is 10.1. The number of nitrogens with zero attached hydrogens (tertiary/aromatic N) is 1. The minimum Gasteiger partial charge on any atom is -0.483 e. The van der Waals surface area contributed by atoms with Crippen molar-refractivity contribution >= 4 is 29.1 Å². The molecule has 0 saturated carbocycles. The lowest BCUT2D eigenvalue weighted by molar-refractivity contribution is -0.128. The van der Waals surface area contributed by atoms with Gasteiger partial charge in [0.25, 0.3) is 11.8 Å². The number of rotatable bonds is 4. The fourth-order valence-electron chi connectivity index (χ4n) is 3.11. The summed E-state index contributed by atoms with van der Waals surface area (Å²) in [5.41, 5.74) is 2.34. The first-order chi connectivity index (χ1) is 12.9. The summed E-state index contributed by atoms with van der Waals surface area (Å²) in [6.45, 7) is 3.73. The number of para-hydroxylation sites is 2. The summed E-state index contributed by atoms with van der Waals surface area (Å²) in [6.07, 6.45) is -0.771. The van der Waals surface area contributed by atoms with Crippen molar-refractivity contribution in [3.8, 4) is 11.5 Å². The largest absolute Gasteiger partial charge is 0.483 e. The summed E-state index contributed by atoms with van der Waals surface area (Å²) in [6, 6.07) is 10.7. The van der Waals surface area contributed by atoms with Crippen LogP contribution >= 0.6 is 11.6 Å². The normalized spacial score (nSPS) is 15.6. The molecule has 2 amide bonds. The number of carbonyl (C=O) groups excluding carboxylic acids is 2. The van der Waals surface area contributed by atoms with Crippen LogP contribution in [-0.2, 0) is 9.59 Å². The minimum atomic E-state index is -0.771. The Morgan fingerprint density at radius 3 is 2.59 bits per heavy atom. The van der Waals surface area contributed by atoms with Gasteiger partial charge in [-0.05, 0) is 49.2 Å². The highest BCUT2D eigenvalue weighted by molar-refractivity contribution is 6.30. The zero-order valence-electron chi connectivity index (χ0n) is 15.4. The molecule has 0 bridgehead atoms. The molecule has 0 saturated heterocycles. The molecule has 1 aliphatic heterocycles. The molecule has 2 aromatic rings. The van der Waals surface area contributed by atoms with Gasteiger partial charge in [0, 0.05) is 12.1 Å². The smallest absolute Gasteiger partial charge is 0.265 e. The summed E-state index contributed by atoms with van der Waals surface area (Å²) in [5, 5.41) is 3.18. The van der Waals surface area contributed by atoms with Gasteiger partial charge in [0.15, 0.2) is 12.7 Å². The van der Waals surface area contributed by atoms with Gasteiger partial charge in [-0.1, -0.05) is 23.7 Å². The van der Waals surface area contributed by atoms with E-state index in [0.717, 1.165) is 11.1 Å². The van der Waals surface area contributed by atoms with Gasteiger partial charge in [0.1, 0.15) is 11.5 Å². The summed E-state index contributed by atoms with van der Waals surface area (Å²) < 4.78 is 11.5. The zero-order valence-corrected chi connectivity index (χ0v) is 16.2. The molecular weight excluding hydrogens is 368 g/mol. The number of likely N-dealkylation sites (N-methyl/N-ethyl adjacent to an activating group) is 1. The van der Waals surface area contributed by atoms with E-state index in [2.05, 4.69) is 5.32 Å². The Bertz CT molecular complexity index is 861. The van der Waals surface area contributed by atoms with Crippen molar-refractivity contribution < 1.29 is 19.1 Å². The van der Waals surface area contributed by atoms with E-state index in [4.69, 9.17) is 21.1 Å². The lowest BCUT2D eigenvalue weighted by Gasteiger charge is -2.34. The van der Waals surface area contributed by atoms with Crippen molar-refractivity contribution in [1.29, 1.82) is 0 Å². The van der Waals surface area contributed by atoms with E-state index >= 15 is 0 Å². The van der Waals surface area contributed by atoms with Crippen LogP contribution in [0.2, 0.25) is 5.02 Å². The SMILES string of the molecule is CNC(=O)[C@H]1CN(C(=O)COc2c(C)cc(Cl)cc2C)c2ccccc2O1. The maximum atomic E-state index is 12.9. The van der Waals surface area contributed by atoms with Gasteiger partial charge in [0.2, 0.25) is 0 Å². The fraction of sp³-hybridized carbons (Fsp3) is 0.300. The van der Waals surface area contributed by atoms with Crippen molar-refractivity contribution in [2.45, 2.75) is 20.0 Å². The molecule has 3 rings (SSSR count). The zero-order chi connectivity index (χ0) is 19.6. The number of halogens is 1. The highest BCUT2D eigenvalue weighted by atomic mass is 35.5. The molecule has 0 fully saturated rings. The Kier molecular flexibility index (Phi) is 5.56. The lowest BCUT2D eigenvalue weighted by Crippen LogP contribution is -2.51. The molecule has 2 aromatic carbocycles. The molecule has 7 heteroatoms. The van der Waals surface area contributed by atoms with Crippen LogP contribution in [0.1, 0.15) is 11.1 Å². The van der Waals surface area contributed by atoms with Gasteiger partial charge in [-0.25, -0.2) is 0 Å². The Morgan fingerprint density at radius 1 is 1.26 bits per heavy atom. The highest BCUT2D eigenvalue weighted by Gasteiger charge is 2.33. The van der Waals surface area contributed by atoms with Crippen molar-refractivity contribution in [3.05, 3.63) is 52.5 Å². The van der Waals surface area contributed by atoms with Crippen molar-refractivity contribution in [2.75, 3.05) is 25.1 Å². The number of amides is 2. The first-order valence-electron chi connectivity index (χ1n) is 8.58. The molecule has 1 aliphatic rings. The van der Waals surface area contributed by atoms with Crippen LogP contribution in [0.15, 0.2) is 36.4 Å². The number of nitrogens with one attached hydrogen (secondary N) is 1. The second-order valence-electron chi connectivity index (χ2n) is 6.35. The Morgan fingerprint density at radius 2 is 1.93 bits per heavy atom. The number of carbonyl (C=O) groups is 2. The molecule has 0 spiro atoms.